The lowest BCUT2D eigenvalue weighted by Gasteiger charge is -2.14. The van der Waals surface area contributed by atoms with Crippen LogP contribution in [-0.4, -0.2) is 35.4 Å². The van der Waals surface area contributed by atoms with E-state index in [4.69, 9.17) is 17.0 Å². The maximum atomic E-state index is 5.30. The molecule has 1 rings (SSSR count). The Kier molecular flexibility index (Phi) is 4.18. The summed E-state index contributed by atoms with van der Waals surface area (Å²) in [4.78, 5) is 2.28. The molecule has 0 spiro atoms. The van der Waals surface area contributed by atoms with Gasteiger partial charge < -0.3 is 4.74 Å². The quantitative estimate of drug-likeness (QED) is 0.616. The second-order valence-electron chi connectivity index (χ2n) is 2.55. The molecular weight excluding hydrogens is 178 g/mol. The summed E-state index contributed by atoms with van der Waals surface area (Å²) in [6, 6.07) is 0. The maximum absolute atomic E-state index is 5.30. The molecule has 0 aromatic heterocycles. The molecule has 2 nitrogen and oxygen atoms in total. The Morgan fingerprint density at radius 2 is 2.18 bits per heavy atom. The smallest absolute Gasteiger partial charge is 0.221 e. The minimum absolute atomic E-state index is 0.650. The van der Waals surface area contributed by atoms with E-state index in [-0.39, 0.29) is 0 Å². The molecule has 0 bridgehead atoms. The van der Waals surface area contributed by atoms with E-state index in [1.807, 2.05) is 6.26 Å². The molecule has 0 N–H and O–H groups in total. The van der Waals surface area contributed by atoms with Gasteiger partial charge in [-0.25, -0.2) is 0 Å². The lowest BCUT2D eigenvalue weighted by molar-refractivity contribution is 0.150. The molecule has 1 fully saturated rings. The number of thiocarbonyl (C=S) groups is 1. The van der Waals surface area contributed by atoms with Crippen LogP contribution in [0.25, 0.3) is 0 Å². The first-order chi connectivity index (χ1) is 5.33. The Hall–Kier alpha value is 0.200. The fourth-order valence-corrected chi connectivity index (χ4v) is 1.34. The average Bonchev–Trinajstić information content (AvgIpc) is 2.52. The van der Waals surface area contributed by atoms with Gasteiger partial charge in [-0.1, -0.05) is 11.8 Å². The monoisotopic (exact) mass is 191 g/mol. The van der Waals surface area contributed by atoms with E-state index in [0.29, 0.717) is 11.1 Å². The highest BCUT2D eigenvalue weighted by molar-refractivity contribution is 8.22. The summed E-state index contributed by atoms with van der Waals surface area (Å²) >= 11 is 6.39. The summed E-state index contributed by atoms with van der Waals surface area (Å²) in [5.41, 5.74) is 0. The van der Waals surface area contributed by atoms with Crippen LogP contribution >= 0.6 is 24.0 Å². The van der Waals surface area contributed by atoms with Crippen LogP contribution in [0.1, 0.15) is 12.8 Å². The van der Waals surface area contributed by atoms with Gasteiger partial charge in [0.1, 0.15) is 6.73 Å². The van der Waals surface area contributed by atoms with E-state index in [9.17, 15) is 0 Å². The lowest BCUT2D eigenvalue weighted by atomic mass is 10.4. The molecular formula is C7H13NOS2. The zero-order valence-corrected chi connectivity index (χ0v) is 8.34. The average molecular weight is 191 g/mol. The first-order valence-corrected chi connectivity index (χ1v) is 5.39. The highest BCUT2D eigenvalue weighted by Crippen LogP contribution is 2.08. The van der Waals surface area contributed by atoms with Gasteiger partial charge in [-0.05, 0) is 31.3 Å². The predicted molar refractivity (Wildman–Crippen MR) is 52.9 cm³/mol. The van der Waals surface area contributed by atoms with Crippen LogP contribution in [0.2, 0.25) is 0 Å². The molecule has 0 aromatic carbocycles. The van der Waals surface area contributed by atoms with Crippen molar-refractivity contribution in [3.05, 3.63) is 0 Å². The summed E-state index contributed by atoms with van der Waals surface area (Å²) in [6.45, 7) is 3.01. The third-order valence-corrected chi connectivity index (χ3v) is 2.80. The van der Waals surface area contributed by atoms with Crippen LogP contribution in [0.3, 0.4) is 0 Å². The van der Waals surface area contributed by atoms with Crippen LogP contribution in [0.15, 0.2) is 0 Å². The highest BCUT2D eigenvalue weighted by Gasteiger charge is 2.11. The topological polar surface area (TPSA) is 12.5 Å². The van der Waals surface area contributed by atoms with Gasteiger partial charge in [0.2, 0.25) is 4.38 Å². The summed E-state index contributed by atoms with van der Waals surface area (Å²) < 4.78 is 5.95. The van der Waals surface area contributed by atoms with Gasteiger partial charge in [-0.2, -0.15) is 0 Å². The number of rotatable bonds is 2. The summed E-state index contributed by atoms with van der Waals surface area (Å²) in [6.07, 6.45) is 4.54. The first kappa shape index (κ1) is 9.29. The fraction of sp³-hybridized carbons (Fsp3) is 0.857. The van der Waals surface area contributed by atoms with Gasteiger partial charge in [0.05, 0.1) is 0 Å². The fourth-order valence-electron chi connectivity index (χ4n) is 1.11. The molecule has 4 heteroatoms. The van der Waals surface area contributed by atoms with E-state index in [2.05, 4.69) is 4.90 Å². The van der Waals surface area contributed by atoms with Crippen molar-refractivity contribution >= 4 is 28.4 Å². The van der Waals surface area contributed by atoms with Crippen LogP contribution in [0.4, 0.5) is 0 Å². The number of ether oxygens (including phenoxy) is 1. The molecule has 1 aliphatic rings. The van der Waals surface area contributed by atoms with Crippen molar-refractivity contribution in [3.63, 3.8) is 0 Å². The number of thioether (sulfide) groups is 1. The van der Waals surface area contributed by atoms with E-state index >= 15 is 0 Å². The summed E-state index contributed by atoms with van der Waals surface area (Å²) in [5, 5.41) is 0. The van der Waals surface area contributed by atoms with E-state index in [1.54, 1.807) is 0 Å². The lowest BCUT2D eigenvalue weighted by Crippen LogP contribution is -2.23. The molecule has 0 saturated carbocycles. The molecule has 0 radical (unpaired) electrons. The van der Waals surface area contributed by atoms with Crippen molar-refractivity contribution in [2.75, 3.05) is 26.1 Å². The second kappa shape index (κ2) is 4.95. The third kappa shape index (κ3) is 3.40. The molecule has 11 heavy (non-hydrogen) atoms. The maximum Gasteiger partial charge on any atom is 0.221 e. The molecule has 0 aliphatic carbocycles. The van der Waals surface area contributed by atoms with E-state index in [0.717, 1.165) is 13.1 Å². The molecule has 64 valence electrons. The molecule has 1 saturated heterocycles. The minimum atomic E-state index is 0.650. The van der Waals surface area contributed by atoms with Gasteiger partial charge in [0.25, 0.3) is 0 Å². The first-order valence-electron chi connectivity index (χ1n) is 3.76. The van der Waals surface area contributed by atoms with Crippen molar-refractivity contribution in [1.82, 2.24) is 4.90 Å². The number of nitrogens with zero attached hydrogens (tertiary/aromatic N) is 1. The van der Waals surface area contributed by atoms with Gasteiger partial charge in [0, 0.05) is 13.1 Å². The van der Waals surface area contributed by atoms with Crippen molar-refractivity contribution < 1.29 is 4.74 Å². The normalized spacial score (nSPS) is 18.6. The Morgan fingerprint density at radius 3 is 2.73 bits per heavy atom. The number of hydrogen-bond acceptors (Lipinski definition) is 4. The predicted octanol–water partition coefficient (Wildman–Crippen LogP) is 1.70. The zero-order valence-electron chi connectivity index (χ0n) is 6.71. The molecule has 1 heterocycles. The molecule has 0 atom stereocenters. The Labute approximate surface area is 77.3 Å². The Balaban J connectivity index is 2.06. The zero-order chi connectivity index (χ0) is 8.10. The third-order valence-electron chi connectivity index (χ3n) is 1.73. The minimum Gasteiger partial charge on any atom is -0.462 e. The second-order valence-corrected chi connectivity index (χ2v) is 3.96. The van der Waals surface area contributed by atoms with Crippen LogP contribution in [0, 0.1) is 0 Å². The van der Waals surface area contributed by atoms with Crippen molar-refractivity contribution in [2.24, 2.45) is 0 Å². The van der Waals surface area contributed by atoms with Crippen molar-refractivity contribution in [1.29, 1.82) is 0 Å². The number of hydrogen-bond donors (Lipinski definition) is 0. The van der Waals surface area contributed by atoms with Gasteiger partial charge in [0.15, 0.2) is 0 Å². The highest BCUT2D eigenvalue weighted by atomic mass is 32.2. The molecule has 0 amide bonds. The molecule has 1 aliphatic heterocycles. The van der Waals surface area contributed by atoms with Crippen molar-refractivity contribution in [3.8, 4) is 0 Å². The standard InChI is InChI=1S/C7H13NOS2/c1-11-7(10)9-6-8-4-2-3-5-8/h2-6H2,1H3. The summed E-state index contributed by atoms with van der Waals surface area (Å²) in [5.74, 6) is 0. The summed E-state index contributed by atoms with van der Waals surface area (Å²) in [7, 11) is 0. The molecule has 0 aromatic rings. The number of likely N-dealkylation sites (tertiary alicyclic amines) is 1. The van der Waals surface area contributed by atoms with Gasteiger partial charge >= 0.3 is 0 Å². The van der Waals surface area contributed by atoms with Gasteiger partial charge in [-0.3, -0.25) is 4.90 Å². The van der Waals surface area contributed by atoms with Gasteiger partial charge in [-0.15, -0.1) is 0 Å². The van der Waals surface area contributed by atoms with Crippen LogP contribution in [0.5, 0.6) is 0 Å². The Bertz CT molecular complexity index is 134. The van der Waals surface area contributed by atoms with E-state index in [1.165, 1.54) is 24.6 Å². The largest absolute Gasteiger partial charge is 0.462 e. The van der Waals surface area contributed by atoms with Crippen LogP contribution in [-0.2, 0) is 4.74 Å². The van der Waals surface area contributed by atoms with Crippen LogP contribution < -0.4 is 0 Å². The van der Waals surface area contributed by atoms with E-state index < -0.39 is 0 Å². The SMILES string of the molecule is CSC(=S)OCN1CCCC1. The van der Waals surface area contributed by atoms with Crippen molar-refractivity contribution in [2.45, 2.75) is 12.8 Å². The Morgan fingerprint density at radius 1 is 1.55 bits per heavy atom. The molecule has 0 unspecified atom stereocenters.